The molecule has 1 rings (SSSR count). The summed E-state index contributed by atoms with van der Waals surface area (Å²) < 4.78 is 12.7. The number of halogens is 1. The summed E-state index contributed by atoms with van der Waals surface area (Å²) in [7, 11) is 0. The second kappa shape index (κ2) is 4.41. The van der Waals surface area contributed by atoms with Gasteiger partial charge in [-0.05, 0) is 31.0 Å². The minimum Gasteiger partial charge on any atom is -0.384 e. The topological polar surface area (TPSA) is 44.0 Å². The largest absolute Gasteiger partial charge is 0.384 e. The molecule has 0 amide bonds. The maximum absolute atomic E-state index is 12.7. The molecule has 0 fully saturated rings. The predicted molar refractivity (Wildman–Crippen MR) is 55.4 cm³/mol. The van der Waals surface area contributed by atoms with Crippen LogP contribution in [0.1, 0.15) is 25.8 Å². The maximum Gasteiger partial charge on any atom is 0.123 e. The summed E-state index contributed by atoms with van der Waals surface area (Å²) in [4.78, 5) is 0. The van der Waals surface area contributed by atoms with Crippen LogP contribution in [0.4, 0.5) is 4.39 Å². The molecule has 0 aromatic heterocycles. The fraction of sp³-hybridized carbons (Fsp3) is 0.417. The van der Waals surface area contributed by atoms with Crippen molar-refractivity contribution >= 4 is 0 Å². The van der Waals surface area contributed by atoms with Crippen molar-refractivity contribution in [3.8, 4) is 6.07 Å². The van der Waals surface area contributed by atoms with Gasteiger partial charge in [0.25, 0.3) is 0 Å². The number of nitriles is 1. The number of nitrogens with zero attached hydrogens (tertiary/aromatic N) is 1. The van der Waals surface area contributed by atoms with Crippen molar-refractivity contribution in [2.45, 2.75) is 25.9 Å². The van der Waals surface area contributed by atoms with Gasteiger partial charge >= 0.3 is 0 Å². The van der Waals surface area contributed by atoms with E-state index in [2.05, 4.69) is 6.07 Å². The zero-order chi connectivity index (χ0) is 11.5. The van der Waals surface area contributed by atoms with Crippen LogP contribution in [0.25, 0.3) is 0 Å². The standard InChI is InChI=1S/C12H14FNO/c1-3-9(8-14)12(2,15)10-4-6-11(13)7-5-10/h4-7,9,15H,3H2,1-2H3. The first-order valence-corrected chi connectivity index (χ1v) is 4.90. The Hall–Kier alpha value is -1.40. The van der Waals surface area contributed by atoms with Gasteiger partial charge in [0.15, 0.2) is 0 Å². The summed E-state index contributed by atoms with van der Waals surface area (Å²) in [5, 5.41) is 19.1. The Labute approximate surface area is 89.0 Å². The third-order valence-corrected chi connectivity index (χ3v) is 2.67. The lowest BCUT2D eigenvalue weighted by molar-refractivity contribution is 0.0150. The molecule has 2 unspecified atom stereocenters. The van der Waals surface area contributed by atoms with E-state index in [1.807, 2.05) is 6.92 Å². The van der Waals surface area contributed by atoms with E-state index in [1.54, 1.807) is 6.92 Å². The van der Waals surface area contributed by atoms with Crippen molar-refractivity contribution in [1.82, 2.24) is 0 Å². The molecule has 15 heavy (non-hydrogen) atoms. The van der Waals surface area contributed by atoms with E-state index in [0.29, 0.717) is 12.0 Å². The Morgan fingerprint density at radius 1 is 1.47 bits per heavy atom. The van der Waals surface area contributed by atoms with E-state index in [0.717, 1.165) is 0 Å². The molecule has 1 aromatic carbocycles. The van der Waals surface area contributed by atoms with Gasteiger partial charge in [-0.25, -0.2) is 4.39 Å². The van der Waals surface area contributed by atoms with Gasteiger partial charge in [0, 0.05) is 0 Å². The summed E-state index contributed by atoms with van der Waals surface area (Å²) >= 11 is 0. The summed E-state index contributed by atoms with van der Waals surface area (Å²) in [6.45, 7) is 3.42. The van der Waals surface area contributed by atoms with Gasteiger partial charge in [0.2, 0.25) is 0 Å². The lowest BCUT2D eigenvalue weighted by Gasteiger charge is -2.28. The average molecular weight is 207 g/mol. The van der Waals surface area contributed by atoms with Gasteiger partial charge in [-0.3, -0.25) is 0 Å². The molecule has 0 heterocycles. The molecule has 0 bridgehead atoms. The molecule has 80 valence electrons. The number of rotatable bonds is 3. The van der Waals surface area contributed by atoms with Crippen LogP contribution in [0.2, 0.25) is 0 Å². The van der Waals surface area contributed by atoms with E-state index in [-0.39, 0.29) is 5.82 Å². The van der Waals surface area contributed by atoms with Crippen LogP contribution in [-0.2, 0) is 5.60 Å². The first kappa shape index (κ1) is 11.7. The van der Waals surface area contributed by atoms with Crippen molar-refractivity contribution in [2.75, 3.05) is 0 Å². The molecule has 0 aliphatic heterocycles. The Bertz CT molecular complexity index is 364. The molecule has 0 aliphatic carbocycles. The number of hydrogen-bond donors (Lipinski definition) is 1. The van der Waals surface area contributed by atoms with E-state index in [4.69, 9.17) is 5.26 Å². The monoisotopic (exact) mass is 207 g/mol. The molecule has 0 radical (unpaired) electrons. The summed E-state index contributed by atoms with van der Waals surface area (Å²) in [6.07, 6.45) is 0.556. The molecular formula is C12H14FNO. The molecule has 0 saturated heterocycles. The number of aliphatic hydroxyl groups is 1. The highest BCUT2D eigenvalue weighted by atomic mass is 19.1. The number of benzene rings is 1. The van der Waals surface area contributed by atoms with E-state index < -0.39 is 11.5 Å². The molecule has 0 spiro atoms. The van der Waals surface area contributed by atoms with Crippen LogP contribution >= 0.6 is 0 Å². The maximum atomic E-state index is 12.7. The van der Waals surface area contributed by atoms with Crippen LogP contribution in [0.15, 0.2) is 24.3 Å². The summed E-state index contributed by atoms with van der Waals surface area (Å²) in [6, 6.07) is 7.65. The zero-order valence-corrected chi connectivity index (χ0v) is 8.87. The van der Waals surface area contributed by atoms with Crippen LogP contribution < -0.4 is 0 Å². The van der Waals surface area contributed by atoms with Crippen LogP contribution in [0, 0.1) is 23.1 Å². The van der Waals surface area contributed by atoms with Gasteiger partial charge in [0.1, 0.15) is 11.4 Å². The van der Waals surface area contributed by atoms with Crippen molar-refractivity contribution < 1.29 is 9.50 Å². The quantitative estimate of drug-likeness (QED) is 0.827. The highest BCUT2D eigenvalue weighted by molar-refractivity contribution is 5.24. The molecule has 2 atom stereocenters. The van der Waals surface area contributed by atoms with Gasteiger partial charge in [-0.1, -0.05) is 19.1 Å². The Balaban J connectivity index is 3.05. The third-order valence-electron chi connectivity index (χ3n) is 2.67. The smallest absolute Gasteiger partial charge is 0.123 e. The van der Waals surface area contributed by atoms with Gasteiger partial charge < -0.3 is 5.11 Å². The summed E-state index contributed by atoms with van der Waals surface area (Å²) in [5.74, 6) is -0.831. The minimum absolute atomic E-state index is 0.348. The van der Waals surface area contributed by atoms with Gasteiger partial charge in [-0.2, -0.15) is 5.26 Å². The van der Waals surface area contributed by atoms with Crippen molar-refractivity contribution in [3.05, 3.63) is 35.6 Å². The Morgan fingerprint density at radius 3 is 2.40 bits per heavy atom. The Morgan fingerprint density at radius 2 is 2.00 bits per heavy atom. The predicted octanol–water partition coefficient (Wildman–Crippen LogP) is 2.58. The van der Waals surface area contributed by atoms with Gasteiger partial charge in [-0.15, -0.1) is 0 Å². The SMILES string of the molecule is CCC(C#N)C(C)(O)c1ccc(F)cc1. The first-order valence-electron chi connectivity index (χ1n) is 4.90. The van der Waals surface area contributed by atoms with E-state index in [9.17, 15) is 9.50 Å². The number of hydrogen-bond acceptors (Lipinski definition) is 2. The zero-order valence-electron chi connectivity index (χ0n) is 8.87. The molecule has 3 heteroatoms. The van der Waals surface area contributed by atoms with Gasteiger partial charge in [0.05, 0.1) is 12.0 Å². The average Bonchev–Trinajstić information content (AvgIpc) is 2.19. The molecule has 0 saturated carbocycles. The van der Waals surface area contributed by atoms with E-state index >= 15 is 0 Å². The summed E-state index contributed by atoms with van der Waals surface area (Å²) in [5.41, 5.74) is -0.658. The lowest BCUT2D eigenvalue weighted by atomic mass is 9.82. The van der Waals surface area contributed by atoms with Crippen LogP contribution in [0.3, 0.4) is 0 Å². The minimum atomic E-state index is -1.23. The first-order chi connectivity index (χ1) is 7.02. The highest BCUT2D eigenvalue weighted by Gasteiger charge is 2.32. The molecule has 2 nitrogen and oxygen atoms in total. The molecule has 1 aromatic rings. The fourth-order valence-corrected chi connectivity index (χ4v) is 1.60. The Kier molecular flexibility index (Phi) is 3.43. The normalized spacial score (nSPS) is 16.5. The van der Waals surface area contributed by atoms with Crippen molar-refractivity contribution in [2.24, 2.45) is 5.92 Å². The molecular weight excluding hydrogens is 193 g/mol. The highest BCUT2D eigenvalue weighted by Crippen LogP contribution is 2.30. The fourth-order valence-electron chi connectivity index (χ4n) is 1.60. The third kappa shape index (κ3) is 2.34. The second-order valence-corrected chi connectivity index (χ2v) is 3.74. The van der Waals surface area contributed by atoms with Crippen molar-refractivity contribution in [1.29, 1.82) is 5.26 Å². The van der Waals surface area contributed by atoms with Crippen LogP contribution in [-0.4, -0.2) is 5.11 Å². The van der Waals surface area contributed by atoms with Crippen LogP contribution in [0.5, 0.6) is 0 Å². The second-order valence-electron chi connectivity index (χ2n) is 3.74. The van der Waals surface area contributed by atoms with Crippen molar-refractivity contribution in [3.63, 3.8) is 0 Å². The van der Waals surface area contributed by atoms with E-state index in [1.165, 1.54) is 24.3 Å². The molecule has 1 N–H and O–H groups in total. The lowest BCUT2D eigenvalue weighted by Crippen LogP contribution is -2.30. The molecule has 0 aliphatic rings.